The summed E-state index contributed by atoms with van der Waals surface area (Å²) in [4.78, 5) is 16.5. The monoisotopic (exact) mass is 341 g/mol. The molecule has 1 aliphatic rings. The quantitative estimate of drug-likeness (QED) is 0.261. The Balaban J connectivity index is 1.77. The minimum atomic E-state index is -0.221. The number of ether oxygens (including phenoxy) is 1. The van der Waals surface area contributed by atoms with Crippen LogP contribution in [0, 0.1) is 0 Å². The van der Waals surface area contributed by atoms with E-state index >= 15 is 0 Å². The molecule has 0 N–H and O–H groups in total. The summed E-state index contributed by atoms with van der Waals surface area (Å²) in [5.74, 6) is -0.221. The first-order valence-electron chi connectivity index (χ1n) is 9.12. The summed E-state index contributed by atoms with van der Waals surface area (Å²) < 4.78 is 5.54. The summed E-state index contributed by atoms with van der Waals surface area (Å²) in [7, 11) is 0. The molecule has 1 aliphatic carbocycles. The normalized spacial score (nSPS) is 16.7. The summed E-state index contributed by atoms with van der Waals surface area (Å²) in [6.07, 6.45) is 2.74. The van der Waals surface area contributed by atoms with Crippen molar-refractivity contribution in [1.82, 2.24) is 4.98 Å². The van der Waals surface area contributed by atoms with Crippen molar-refractivity contribution in [2.24, 2.45) is 0 Å². The molecule has 5 rings (SSSR count). The topological polar surface area (TPSA) is 39.2 Å². The van der Waals surface area contributed by atoms with Crippen molar-refractivity contribution in [3.63, 3.8) is 0 Å². The molecule has 3 nitrogen and oxygen atoms in total. The number of hydrogen-bond acceptors (Lipinski definition) is 3. The molecule has 0 saturated heterocycles. The molecule has 0 bridgehead atoms. The average Bonchev–Trinajstić information content (AvgIpc) is 2.66. The number of aromatic nitrogens is 1. The summed E-state index contributed by atoms with van der Waals surface area (Å²) in [5.41, 5.74) is 4.41. The molecule has 3 heteroatoms. The van der Waals surface area contributed by atoms with Crippen molar-refractivity contribution in [3.05, 3.63) is 65.7 Å². The first kappa shape index (κ1) is 15.3. The van der Waals surface area contributed by atoms with Crippen LogP contribution < -0.4 is 0 Å². The third-order valence-corrected chi connectivity index (χ3v) is 5.38. The van der Waals surface area contributed by atoms with Crippen LogP contribution in [0.15, 0.2) is 54.6 Å². The number of esters is 1. The van der Waals surface area contributed by atoms with Crippen LogP contribution >= 0.6 is 0 Å². The van der Waals surface area contributed by atoms with Gasteiger partial charge in [-0.05, 0) is 53.3 Å². The largest absolute Gasteiger partial charge is 0.458 e. The molecule has 3 aromatic carbocycles. The number of carbonyl (C=O) groups is 1. The number of hydrogen-bond donors (Lipinski definition) is 0. The van der Waals surface area contributed by atoms with Gasteiger partial charge in [0.25, 0.3) is 0 Å². The van der Waals surface area contributed by atoms with E-state index in [-0.39, 0.29) is 12.1 Å². The van der Waals surface area contributed by atoms with Crippen LogP contribution in [0.3, 0.4) is 0 Å². The zero-order chi connectivity index (χ0) is 17.7. The molecule has 1 aromatic heterocycles. The fraction of sp³-hybridized carbons (Fsp3) is 0.217. The van der Waals surface area contributed by atoms with Gasteiger partial charge in [-0.1, -0.05) is 42.5 Å². The van der Waals surface area contributed by atoms with Crippen LogP contribution in [-0.4, -0.2) is 11.0 Å². The van der Waals surface area contributed by atoms with E-state index in [4.69, 9.17) is 9.72 Å². The molecule has 26 heavy (non-hydrogen) atoms. The second kappa shape index (κ2) is 5.80. The Morgan fingerprint density at radius 3 is 2.77 bits per heavy atom. The van der Waals surface area contributed by atoms with Crippen molar-refractivity contribution in [3.8, 4) is 0 Å². The molecule has 0 fully saturated rings. The maximum Gasteiger partial charge on any atom is 0.303 e. The molecular weight excluding hydrogens is 322 g/mol. The molecule has 1 heterocycles. The molecule has 1 unspecified atom stereocenters. The lowest BCUT2D eigenvalue weighted by molar-refractivity contribution is -0.147. The van der Waals surface area contributed by atoms with Crippen molar-refractivity contribution in [1.29, 1.82) is 0 Å². The molecule has 1 atom stereocenters. The highest BCUT2D eigenvalue weighted by Crippen LogP contribution is 2.37. The van der Waals surface area contributed by atoms with Gasteiger partial charge in [-0.15, -0.1) is 0 Å². The van der Waals surface area contributed by atoms with Crippen LogP contribution in [0.4, 0.5) is 0 Å². The third-order valence-electron chi connectivity index (χ3n) is 5.38. The number of benzene rings is 3. The van der Waals surface area contributed by atoms with Crippen LogP contribution in [0.5, 0.6) is 0 Å². The first-order chi connectivity index (χ1) is 12.7. The smallest absolute Gasteiger partial charge is 0.303 e. The van der Waals surface area contributed by atoms with Crippen molar-refractivity contribution in [2.45, 2.75) is 32.3 Å². The van der Waals surface area contributed by atoms with Crippen LogP contribution in [0.25, 0.3) is 32.6 Å². The maximum atomic E-state index is 11.4. The highest BCUT2D eigenvalue weighted by Gasteiger charge is 2.24. The van der Waals surface area contributed by atoms with Crippen LogP contribution in [0.1, 0.15) is 37.0 Å². The number of carbonyl (C=O) groups excluding carboxylic acids is 1. The fourth-order valence-corrected chi connectivity index (χ4v) is 4.23. The second-order valence-electron chi connectivity index (χ2n) is 7.04. The predicted octanol–water partition coefficient (Wildman–Crippen LogP) is 5.48. The van der Waals surface area contributed by atoms with Gasteiger partial charge >= 0.3 is 5.97 Å². The zero-order valence-corrected chi connectivity index (χ0v) is 14.7. The Morgan fingerprint density at radius 1 is 1.04 bits per heavy atom. The molecular formula is C23H19NO2. The van der Waals surface area contributed by atoms with Gasteiger partial charge in [0.1, 0.15) is 6.10 Å². The van der Waals surface area contributed by atoms with E-state index in [1.807, 2.05) is 0 Å². The SMILES string of the molecule is CC(=O)OC1CCCc2c1ccc1cc3c(ccc4ccccc43)nc21. The van der Waals surface area contributed by atoms with Gasteiger partial charge in [0.2, 0.25) is 0 Å². The van der Waals surface area contributed by atoms with Gasteiger partial charge in [-0.25, -0.2) is 4.98 Å². The van der Waals surface area contributed by atoms with Gasteiger partial charge in [-0.3, -0.25) is 4.79 Å². The lowest BCUT2D eigenvalue weighted by atomic mass is 9.87. The molecule has 0 spiro atoms. The van der Waals surface area contributed by atoms with E-state index in [1.165, 1.54) is 28.6 Å². The van der Waals surface area contributed by atoms with E-state index in [2.05, 4.69) is 54.6 Å². The highest BCUT2D eigenvalue weighted by atomic mass is 16.5. The predicted molar refractivity (Wildman–Crippen MR) is 104 cm³/mol. The Bertz CT molecular complexity index is 1180. The minimum Gasteiger partial charge on any atom is -0.458 e. The second-order valence-corrected chi connectivity index (χ2v) is 7.04. The van der Waals surface area contributed by atoms with E-state index in [9.17, 15) is 4.79 Å². The molecule has 0 aliphatic heterocycles. The van der Waals surface area contributed by atoms with Crippen molar-refractivity contribution in [2.75, 3.05) is 0 Å². The lowest BCUT2D eigenvalue weighted by Gasteiger charge is -2.26. The summed E-state index contributed by atoms with van der Waals surface area (Å²) >= 11 is 0. The van der Waals surface area contributed by atoms with Gasteiger partial charge in [-0.2, -0.15) is 0 Å². The Morgan fingerprint density at radius 2 is 1.88 bits per heavy atom. The van der Waals surface area contributed by atoms with Crippen molar-refractivity contribution < 1.29 is 9.53 Å². The van der Waals surface area contributed by atoms with E-state index in [0.717, 1.165) is 41.2 Å². The number of aryl methyl sites for hydroxylation is 1. The van der Waals surface area contributed by atoms with Gasteiger partial charge < -0.3 is 4.74 Å². The molecule has 0 saturated carbocycles. The van der Waals surface area contributed by atoms with E-state index in [1.54, 1.807) is 0 Å². The van der Waals surface area contributed by atoms with E-state index in [0.29, 0.717) is 0 Å². The van der Waals surface area contributed by atoms with Crippen LogP contribution in [0.2, 0.25) is 0 Å². The van der Waals surface area contributed by atoms with Gasteiger partial charge in [0, 0.05) is 17.7 Å². The first-order valence-corrected chi connectivity index (χ1v) is 9.12. The standard InChI is InChI=1S/C23H19NO2/c1-14(25)26-22-8-4-7-19-18(22)11-9-16-13-20-17-6-3-2-5-15(17)10-12-21(20)24-23(16)19/h2-3,5-6,9-13,22H,4,7-8H2,1H3. The maximum absolute atomic E-state index is 11.4. The Hall–Kier alpha value is -2.94. The Kier molecular flexibility index (Phi) is 3.42. The van der Waals surface area contributed by atoms with Crippen molar-refractivity contribution >= 4 is 38.5 Å². The number of pyridine rings is 1. The van der Waals surface area contributed by atoms with Crippen LogP contribution in [-0.2, 0) is 16.0 Å². The van der Waals surface area contributed by atoms with Gasteiger partial charge in [0.05, 0.1) is 11.0 Å². The summed E-state index contributed by atoms with van der Waals surface area (Å²) in [6, 6.07) is 19.1. The Labute approximate surface area is 151 Å². The number of rotatable bonds is 1. The summed E-state index contributed by atoms with van der Waals surface area (Å²) in [5, 5.41) is 4.79. The van der Waals surface area contributed by atoms with E-state index < -0.39 is 0 Å². The minimum absolute atomic E-state index is 0.144. The lowest BCUT2D eigenvalue weighted by Crippen LogP contribution is -2.15. The highest BCUT2D eigenvalue weighted by molar-refractivity contribution is 6.09. The molecule has 128 valence electrons. The third kappa shape index (κ3) is 2.35. The fourth-order valence-electron chi connectivity index (χ4n) is 4.23. The summed E-state index contributed by atoms with van der Waals surface area (Å²) in [6.45, 7) is 1.48. The van der Waals surface area contributed by atoms with Gasteiger partial charge in [0.15, 0.2) is 0 Å². The average molecular weight is 341 g/mol. The molecule has 0 radical (unpaired) electrons. The molecule has 4 aromatic rings. The zero-order valence-electron chi connectivity index (χ0n) is 14.7. The number of fused-ring (bicyclic) bond motifs is 6. The number of nitrogens with zero attached hydrogens (tertiary/aromatic N) is 1. The molecule has 0 amide bonds.